The van der Waals surface area contributed by atoms with E-state index in [1.165, 1.54) is 13.8 Å². The highest BCUT2D eigenvalue weighted by atomic mass is 16.2. The Bertz CT molecular complexity index is 460. The molecule has 0 bridgehead atoms. The summed E-state index contributed by atoms with van der Waals surface area (Å²) in [6.45, 7) is 2.95. The minimum Gasteiger partial charge on any atom is -0.326 e. The van der Waals surface area contributed by atoms with Crippen molar-refractivity contribution in [3.05, 3.63) is 24.3 Å². The number of nitrogens with zero attached hydrogens (tertiary/aromatic N) is 1. The summed E-state index contributed by atoms with van der Waals surface area (Å²) in [5, 5.41) is 13.8. The van der Waals surface area contributed by atoms with Gasteiger partial charge in [-0.2, -0.15) is 5.26 Å². The van der Waals surface area contributed by atoms with Gasteiger partial charge in [-0.05, 0) is 31.2 Å². The van der Waals surface area contributed by atoms with Gasteiger partial charge in [0.15, 0.2) is 0 Å². The number of benzene rings is 1. The maximum atomic E-state index is 11.4. The first-order chi connectivity index (χ1) is 8.02. The highest BCUT2D eigenvalue weighted by molar-refractivity contribution is 5.94. The van der Waals surface area contributed by atoms with E-state index in [4.69, 9.17) is 5.26 Å². The van der Waals surface area contributed by atoms with E-state index in [0.29, 0.717) is 11.4 Å². The Hall–Kier alpha value is -2.35. The Labute approximate surface area is 99.4 Å². The quantitative estimate of drug-likeness (QED) is 0.831. The van der Waals surface area contributed by atoms with E-state index in [-0.39, 0.29) is 11.8 Å². The third-order valence-electron chi connectivity index (χ3n) is 2.06. The molecular weight excluding hydrogens is 218 g/mol. The van der Waals surface area contributed by atoms with Crippen LogP contribution >= 0.6 is 0 Å². The molecule has 2 N–H and O–H groups in total. The maximum absolute atomic E-state index is 11.4. The fraction of sp³-hybridized carbons (Fsp3) is 0.250. The number of hydrogen-bond donors (Lipinski definition) is 2. The minimum absolute atomic E-state index is 0.153. The van der Waals surface area contributed by atoms with Gasteiger partial charge in [-0.15, -0.1) is 0 Å². The van der Waals surface area contributed by atoms with Crippen LogP contribution in [-0.2, 0) is 9.59 Å². The van der Waals surface area contributed by atoms with Gasteiger partial charge in [-0.3, -0.25) is 9.59 Å². The van der Waals surface area contributed by atoms with Crippen LogP contribution in [0.1, 0.15) is 13.8 Å². The molecule has 1 atom stereocenters. The number of carbonyl (C=O) groups excluding carboxylic acids is 2. The molecule has 0 aromatic heterocycles. The number of rotatable bonds is 3. The molecule has 0 saturated heterocycles. The van der Waals surface area contributed by atoms with Gasteiger partial charge in [-0.25, -0.2) is 0 Å². The number of carbonyl (C=O) groups is 2. The smallest absolute Gasteiger partial charge is 0.241 e. The molecule has 0 aliphatic carbocycles. The largest absolute Gasteiger partial charge is 0.326 e. The Morgan fingerprint density at radius 2 is 1.65 bits per heavy atom. The third kappa shape index (κ3) is 3.95. The molecule has 0 saturated carbocycles. The van der Waals surface area contributed by atoms with E-state index in [9.17, 15) is 9.59 Å². The Morgan fingerprint density at radius 3 is 2.06 bits per heavy atom. The van der Waals surface area contributed by atoms with E-state index >= 15 is 0 Å². The molecule has 17 heavy (non-hydrogen) atoms. The molecule has 2 amide bonds. The van der Waals surface area contributed by atoms with Gasteiger partial charge in [0, 0.05) is 18.3 Å². The molecule has 5 heteroatoms. The molecular formula is C12H13N3O2. The Kier molecular flexibility index (Phi) is 4.23. The first-order valence-corrected chi connectivity index (χ1v) is 5.11. The lowest BCUT2D eigenvalue weighted by atomic mass is 10.2. The average Bonchev–Trinajstić information content (AvgIpc) is 2.30. The molecule has 0 aliphatic rings. The Morgan fingerprint density at radius 1 is 1.18 bits per heavy atom. The third-order valence-corrected chi connectivity index (χ3v) is 2.06. The second-order valence-corrected chi connectivity index (χ2v) is 3.60. The van der Waals surface area contributed by atoms with Crippen molar-refractivity contribution in [2.75, 3.05) is 10.6 Å². The minimum atomic E-state index is -0.690. The summed E-state index contributed by atoms with van der Waals surface area (Å²) >= 11 is 0. The second-order valence-electron chi connectivity index (χ2n) is 3.60. The van der Waals surface area contributed by atoms with Crippen LogP contribution in [0.4, 0.5) is 11.4 Å². The number of nitrogens with one attached hydrogen (secondary N) is 2. The molecule has 1 unspecified atom stereocenters. The van der Waals surface area contributed by atoms with Crippen molar-refractivity contribution in [2.45, 2.75) is 13.8 Å². The van der Waals surface area contributed by atoms with Gasteiger partial charge in [-0.1, -0.05) is 0 Å². The van der Waals surface area contributed by atoms with E-state index in [1.54, 1.807) is 24.3 Å². The number of hydrogen-bond acceptors (Lipinski definition) is 3. The van der Waals surface area contributed by atoms with Crippen LogP contribution in [-0.4, -0.2) is 11.8 Å². The van der Waals surface area contributed by atoms with Gasteiger partial charge in [0.1, 0.15) is 5.92 Å². The lowest BCUT2D eigenvalue weighted by molar-refractivity contribution is -0.118. The number of anilines is 2. The van der Waals surface area contributed by atoms with Crippen molar-refractivity contribution in [1.82, 2.24) is 0 Å². The molecule has 0 aliphatic heterocycles. The van der Waals surface area contributed by atoms with Crippen molar-refractivity contribution in [1.29, 1.82) is 5.26 Å². The summed E-state index contributed by atoms with van der Waals surface area (Å²) in [5.74, 6) is -1.19. The monoisotopic (exact) mass is 231 g/mol. The van der Waals surface area contributed by atoms with E-state index < -0.39 is 5.92 Å². The number of amides is 2. The molecule has 0 fully saturated rings. The summed E-state index contributed by atoms with van der Waals surface area (Å²) in [7, 11) is 0. The van der Waals surface area contributed by atoms with E-state index in [1.807, 2.05) is 6.07 Å². The summed E-state index contributed by atoms with van der Waals surface area (Å²) in [5.41, 5.74) is 1.25. The predicted molar refractivity (Wildman–Crippen MR) is 64.2 cm³/mol. The normalized spacial score (nSPS) is 11.1. The van der Waals surface area contributed by atoms with Gasteiger partial charge in [0.05, 0.1) is 6.07 Å². The fourth-order valence-electron chi connectivity index (χ4n) is 1.15. The second kappa shape index (κ2) is 5.66. The SMILES string of the molecule is CC(=O)Nc1ccc(NC(=O)C(C)C#N)cc1. The van der Waals surface area contributed by atoms with Gasteiger partial charge in [0.2, 0.25) is 11.8 Å². The van der Waals surface area contributed by atoms with Gasteiger partial charge < -0.3 is 10.6 Å². The van der Waals surface area contributed by atoms with Crippen molar-refractivity contribution < 1.29 is 9.59 Å². The lowest BCUT2D eigenvalue weighted by Gasteiger charge is -2.07. The molecule has 1 aromatic rings. The van der Waals surface area contributed by atoms with Gasteiger partial charge in [0.25, 0.3) is 0 Å². The van der Waals surface area contributed by atoms with Crippen LogP contribution in [0, 0.1) is 17.2 Å². The van der Waals surface area contributed by atoms with Gasteiger partial charge >= 0.3 is 0 Å². The van der Waals surface area contributed by atoms with Crippen LogP contribution in [0.3, 0.4) is 0 Å². The van der Waals surface area contributed by atoms with Crippen molar-refractivity contribution in [3.63, 3.8) is 0 Å². The van der Waals surface area contributed by atoms with Crippen LogP contribution in [0.2, 0.25) is 0 Å². The maximum Gasteiger partial charge on any atom is 0.241 e. The van der Waals surface area contributed by atoms with E-state index in [2.05, 4.69) is 10.6 Å². The molecule has 88 valence electrons. The van der Waals surface area contributed by atoms with Crippen LogP contribution in [0.15, 0.2) is 24.3 Å². The zero-order chi connectivity index (χ0) is 12.8. The number of nitriles is 1. The zero-order valence-electron chi connectivity index (χ0n) is 9.65. The molecule has 5 nitrogen and oxygen atoms in total. The van der Waals surface area contributed by atoms with Crippen LogP contribution in [0.5, 0.6) is 0 Å². The zero-order valence-corrected chi connectivity index (χ0v) is 9.65. The first-order valence-electron chi connectivity index (χ1n) is 5.11. The lowest BCUT2D eigenvalue weighted by Crippen LogP contribution is -2.18. The van der Waals surface area contributed by atoms with Crippen LogP contribution in [0.25, 0.3) is 0 Å². The fourth-order valence-corrected chi connectivity index (χ4v) is 1.15. The molecule has 0 radical (unpaired) electrons. The molecule has 0 spiro atoms. The van der Waals surface area contributed by atoms with Crippen molar-refractivity contribution in [2.24, 2.45) is 5.92 Å². The Balaban J connectivity index is 2.66. The topological polar surface area (TPSA) is 82.0 Å². The standard InChI is InChI=1S/C12H13N3O2/c1-8(7-13)12(17)15-11-5-3-10(4-6-11)14-9(2)16/h3-6,8H,1-2H3,(H,14,16)(H,15,17). The summed E-state index contributed by atoms with van der Waals surface area (Å²) in [4.78, 5) is 22.2. The first kappa shape index (κ1) is 12.7. The van der Waals surface area contributed by atoms with Crippen molar-refractivity contribution >= 4 is 23.2 Å². The predicted octanol–water partition coefficient (Wildman–Crippen LogP) is 1.74. The van der Waals surface area contributed by atoms with Crippen molar-refractivity contribution in [3.8, 4) is 6.07 Å². The molecule has 1 aromatic carbocycles. The highest BCUT2D eigenvalue weighted by Crippen LogP contribution is 2.14. The highest BCUT2D eigenvalue weighted by Gasteiger charge is 2.11. The van der Waals surface area contributed by atoms with Crippen LogP contribution < -0.4 is 10.6 Å². The molecule has 0 heterocycles. The average molecular weight is 231 g/mol. The summed E-state index contributed by atoms with van der Waals surface area (Å²) in [6, 6.07) is 8.52. The summed E-state index contributed by atoms with van der Waals surface area (Å²) in [6.07, 6.45) is 0. The van der Waals surface area contributed by atoms with E-state index in [0.717, 1.165) is 0 Å². The molecule has 1 rings (SSSR count). The summed E-state index contributed by atoms with van der Waals surface area (Å²) < 4.78 is 0.